The number of nitrogens with zero attached hydrogens (tertiary/aromatic N) is 2. The van der Waals surface area contributed by atoms with Gasteiger partial charge in [0.2, 0.25) is 5.91 Å². The normalized spacial score (nSPS) is 19.6. The first-order valence-corrected chi connectivity index (χ1v) is 7.36. The van der Waals surface area contributed by atoms with E-state index in [-0.39, 0.29) is 5.91 Å². The zero-order chi connectivity index (χ0) is 13.2. The van der Waals surface area contributed by atoms with Gasteiger partial charge in [-0.3, -0.25) is 4.79 Å². The summed E-state index contributed by atoms with van der Waals surface area (Å²) in [5.41, 5.74) is 1.09. The van der Waals surface area contributed by atoms with Crippen molar-refractivity contribution in [2.24, 2.45) is 5.92 Å². The summed E-state index contributed by atoms with van der Waals surface area (Å²) in [6, 6.07) is 1.94. The average molecular weight is 259 g/mol. The Kier molecular flexibility index (Phi) is 3.49. The fourth-order valence-electron chi connectivity index (χ4n) is 2.91. The van der Waals surface area contributed by atoms with Gasteiger partial charge in [0.15, 0.2) is 0 Å². The number of amides is 1. The Balaban J connectivity index is 1.63. The Bertz CT molecular complexity index is 476. The molecule has 4 heteroatoms. The van der Waals surface area contributed by atoms with Gasteiger partial charge in [-0.25, -0.2) is 9.97 Å². The van der Waals surface area contributed by atoms with Crippen molar-refractivity contribution in [2.45, 2.75) is 57.8 Å². The van der Waals surface area contributed by atoms with Crippen LogP contribution in [0.3, 0.4) is 0 Å². The third-order valence-corrected chi connectivity index (χ3v) is 4.07. The van der Waals surface area contributed by atoms with E-state index in [9.17, 15) is 4.79 Å². The zero-order valence-corrected chi connectivity index (χ0v) is 11.5. The lowest BCUT2D eigenvalue weighted by atomic mass is 10.0. The number of anilines is 1. The lowest BCUT2D eigenvalue weighted by molar-refractivity contribution is -0.117. The molecular formula is C15H21N3O. The molecule has 1 N–H and O–H groups in total. The monoisotopic (exact) mass is 259 g/mol. The van der Waals surface area contributed by atoms with Crippen molar-refractivity contribution < 1.29 is 4.79 Å². The van der Waals surface area contributed by atoms with Crippen LogP contribution in [0.4, 0.5) is 5.82 Å². The fraction of sp³-hybridized carbons (Fsp3) is 0.667. The van der Waals surface area contributed by atoms with Crippen LogP contribution in [0.2, 0.25) is 0 Å². The van der Waals surface area contributed by atoms with Crippen LogP contribution in [-0.2, 0) is 4.79 Å². The number of hydrogen-bond acceptors (Lipinski definition) is 3. The molecule has 19 heavy (non-hydrogen) atoms. The van der Waals surface area contributed by atoms with Crippen LogP contribution in [0, 0.1) is 12.8 Å². The number of rotatable bonds is 4. The number of aromatic nitrogens is 2. The Hall–Kier alpha value is -1.45. The lowest BCUT2D eigenvalue weighted by Gasteiger charge is -2.10. The predicted octanol–water partition coefficient (Wildman–Crippen LogP) is 3.18. The molecule has 0 aromatic carbocycles. The molecule has 0 atom stereocenters. The molecule has 0 saturated heterocycles. The maximum atomic E-state index is 12.0. The standard InChI is InChI=1S/C15H21N3O/c1-10-16-13(12-6-7-12)9-14(17-10)18-15(19)8-11-4-2-3-5-11/h9,11-12H,2-8H2,1H3,(H,16,17,18,19). The predicted molar refractivity (Wildman–Crippen MR) is 73.9 cm³/mol. The molecule has 2 saturated carbocycles. The van der Waals surface area contributed by atoms with Gasteiger partial charge in [-0.1, -0.05) is 12.8 Å². The Labute approximate surface area is 114 Å². The van der Waals surface area contributed by atoms with Gasteiger partial charge in [-0.05, 0) is 38.5 Å². The van der Waals surface area contributed by atoms with Gasteiger partial charge < -0.3 is 5.32 Å². The Morgan fingerprint density at radius 2 is 2.00 bits per heavy atom. The smallest absolute Gasteiger partial charge is 0.225 e. The van der Waals surface area contributed by atoms with Crippen molar-refractivity contribution in [3.63, 3.8) is 0 Å². The minimum Gasteiger partial charge on any atom is -0.311 e. The summed E-state index contributed by atoms with van der Waals surface area (Å²) in [6.07, 6.45) is 8.01. The van der Waals surface area contributed by atoms with E-state index >= 15 is 0 Å². The van der Waals surface area contributed by atoms with Crippen LogP contribution < -0.4 is 5.32 Å². The van der Waals surface area contributed by atoms with Crippen LogP contribution >= 0.6 is 0 Å². The third-order valence-electron chi connectivity index (χ3n) is 4.07. The van der Waals surface area contributed by atoms with Crippen LogP contribution in [0.5, 0.6) is 0 Å². The van der Waals surface area contributed by atoms with E-state index in [4.69, 9.17) is 0 Å². The highest BCUT2D eigenvalue weighted by molar-refractivity contribution is 5.89. The number of hydrogen-bond donors (Lipinski definition) is 1. The van der Waals surface area contributed by atoms with Gasteiger partial charge in [0, 0.05) is 24.1 Å². The highest BCUT2D eigenvalue weighted by Crippen LogP contribution is 2.39. The summed E-state index contributed by atoms with van der Waals surface area (Å²) in [7, 11) is 0. The molecular weight excluding hydrogens is 238 g/mol. The fourth-order valence-corrected chi connectivity index (χ4v) is 2.91. The molecule has 0 unspecified atom stereocenters. The summed E-state index contributed by atoms with van der Waals surface area (Å²) in [5, 5.41) is 2.94. The molecule has 0 spiro atoms. The van der Waals surface area contributed by atoms with Gasteiger partial charge >= 0.3 is 0 Å². The van der Waals surface area contributed by atoms with Crippen LogP contribution in [-0.4, -0.2) is 15.9 Å². The van der Waals surface area contributed by atoms with Crippen molar-refractivity contribution in [3.05, 3.63) is 17.6 Å². The number of carbonyl (C=O) groups is 1. The first-order valence-electron chi connectivity index (χ1n) is 7.36. The lowest BCUT2D eigenvalue weighted by Crippen LogP contribution is -2.16. The Morgan fingerprint density at radius 1 is 1.26 bits per heavy atom. The molecule has 0 radical (unpaired) electrons. The van der Waals surface area contributed by atoms with E-state index < -0.39 is 0 Å². The molecule has 102 valence electrons. The largest absolute Gasteiger partial charge is 0.311 e. The van der Waals surface area contributed by atoms with Gasteiger partial charge in [0.1, 0.15) is 11.6 Å². The molecule has 2 fully saturated rings. The Morgan fingerprint density at radius 3 is 2.68 bits per heavy atom. The topological polar surface area (TPSA) is 54.9 Å². The molecule has 0 aliphatic heterocycles. The maximum Gasteiger partial charge on any atom is 0.225 e. The first-order chi connectivity index (χ1) is 9.20. The summed E-state index contributed by atoms with van der Waals surface area (Å²) in [4.78, 5) is 20.8. The minimum atomic E-state index is 0.103. The van der Waals surface area contributed by atoms with Gasteiger partial charge in [0.25, 0.3) is 0 Å². The van der Waals surface area contributed by atoms with E-state index in [2.05, 4.69) is 15.3 Å². The van der Waals surface area contributed by atoms with Crippen LogP contribution in [0.25, 0.3) is 0 Å². The third kappa shape index (κ3) is 3.31. The van der Waals surface area contributed by atoms with Crippen molar-refractivity contribution >= 4 is 11.7 Å². The van der Waals surface area contributed by atoms with E-state index in [0.29, 0.717) is 24.1 Å². The van der Waals surface area contributed by atoms with Gasteiger partial charge in [0.05, 0.1) is 0 Å². The second-order valence-electron chi connectivity index (χ2n) is 5.90. The van der Waals surface area contributed by atoms with Crippen molar-refractivity contribution in [1.82, 2.24) is 9.97 Å². The van der Waals surface area contributed by atoms with E-state index in [0.717, 1.165) is 11.5 Å². The number of aryl methyl sites for hydroxylation is 1. The van der Waals surface area contributed by atoms with Gasteiger partial charge in [-0.15, -0.1) is 0 Å². The molecule has 1 aromatic heterocycles. The second kappa shape index (κ2) is 5.27. The summed E-state index contributed by atoms with van der Waals surface area (Å²) in [6.45, 7) is 1.89. The highest BCUT2D eigenvalue weighted by atomic mass is 16.1. The number of nitrogens with one attached hydrogen (secondary N) is 1. The minimum absolute atomic E-state index is 0.103. The van der Waals surface area contributed by atoms with E-state index in [1.807, 2.05) is 13.0 Å². The SMILES string of the molecule is Cc1nc(NC(=O)CC2CCCC2)cc(C2CC2)n1. The summed E-state index contributed by atoms with van der Waals surface area (Å²) < 4.78 is 0. The van der Waals surface area contributed by atoms with Gasteiger partial charge in [-0.2, -0.15) is 0 Å². The molecule has 4 nitrogen and oxygen atoms in total. The highest BCUT2D eigenvalue weighted by Gasteiger charge is 2.26. The van der Waals surface area contributed by atoms with Crippen LogP contribution in [0.1, 0.15) is 62.4 Å². The van der Waals surface area contributed by atoms with E-state index in [1.54, 1.807) is 0 Å². The summed E-state index contributed by atoms with van der Waals surface area (Å²) in [5.74, 6) is 2.70. The molecule has 1 heterocycles. The quantitative estimate of drug-likeness (QED) is 0.903. The zero-order valence-electron chi connectivity index (χ0n) is 11.5. The molecule has 1 aromatic rings. The van der Waals surface area contributed by atoms with Crippen molar-refractivity contribution in [2.75, 3.05) is 5.32 Å². The molecule has 3 rings (SSSR count). The summed E-state index contributed by atoms with van der Waals surface area (Å²) >= 11 is 0. The number of carbonyl (C=O) groups excluding carboxylic acids is 1. The first kappa shape index (κ1) is 12.6. The molecule has 1 amide bonds. The molecule has 2 aliphatic carbocycles. The van der Waals surface area contributed by atoms with Crippen molar-refractivity contribution in [3.8, 4) is 0 Å². The van der Waals surface area contributed by atoms with Crippen LogP contribution in [0.15, 0.2) is 6.07 Å². The van der Waals surface area contributed by atoms with Crippen molar-refractivity contribution in [1.29, 1.82) is 0 Å². The molecule has 0 bridgehead atoms. The second-order valence-corrected chi connectivity index (χ2v) is 5.90. The van der Waals surface area contributed by atoms with E-state index in [1.165, 1.54) is 38.5 Å². The average Bonchev–Trinajstić information content (AvgIpc) is 3.08. The maximum absolute atomic E-state index is 12.0. The molecule has 2 aliphatic rings.